The Labute approximate surface area is 157 Å². The Bertz CT molecular complexity index is 948. The van der Waals surface area contributed by atoms with Gasteiger partial charge in [-0.1, -0.05) is 0 Å². The highest BCUT2D eigenvalue weighted by Crippen LogP contribution is 2.39. The van der Waals surface area contributed by atoms with Crippen LogP contribution < -0.4 is 14.8 Å². The van der Waals surface area contributed by atoms with E-state index in [-0.39, 0.29) is 10.9 Å². The average molecular weight is 391 g/mol. The summed E-state index contributed by atoms with van der Waals surface area (Å²) in [6.07, 6.45) is 4.06. The molecule has 0 unspecified atom stereocenters. The van der Waals surface area contributed by atoms with Crippen LogP contribution in [0.4, 0.5) is 0 Å². The van der Waals surface area contributed by atoms with Crippen molar-refractivity contribution in [2.24, 2.45) is 0 Å². The number of aromatic nitrogens is 1. The second kappa shape index (κ2) is 6.50. The van der Waals surface area contributed by atoms with E-state index >= 15 is 0 Å². The van der Waals surface area contributed by atoms with E-state index in [1.807, 2.05) is 0 Å². The minimum atomic E-state index is -3.53. The minimum Gasteiger partial charge on any atom is -0.486 e. The third kappa shape index (κ3) is 3.30. The molecule has 1 aromatic carbocycles. The summed E-state index contributed by atoms with van der Waals surface area (Å²) >= 11 is 0. The van der Waals surface area contributed by atoms with Crippen molar-refractivity contribution in [1.29, 1.82) is 0 Å². The number of oxazole rings is 1. The topological polar surface area (TPSA) is 93.9 Å². The van der Waals surface area contributed by atoms with Crippen LogP contribution in [0, 0.1) is 0 Å². The predicted molar refractivity (Wildman–Crippen MR) is 95.3 cm³/mol. The Morgan fingerprint density at radius 3 is 2.70 bits per heavy atom. The molecule has 144 valence electrons. The van der Waals surface area contributed by atoms with Crippen LogP contribution in [0.15, 0.2) is 33.7 Å². The zero-order valence-corrected chi connectivity index (χ0v) is 15.6. The summed E-state index contributed by atoms with van der Waals surface area (Å²) in [7, 11) is -3.53. The molecule has 0 radical (unpaired) electrons. The van der Waals surface area contributed by atoms with Crippen molar-refractivity contribution in [3.8, 4) is 11.5 Å². The SMILES string of the molecule is O=S(=O)(c1ccc2c(c1)OCCO2)N1CC(NCc2cnc(C3CC3)o2)C1. The molecule has 2 aliphatic heterocycles. The normalized spacial score (nSPS) is 20.4. The Hall–Kier alpha value is -2.10. The van der Waals surface area contributed by atoms with E-state index in [0.717, 1.165) is 24.5 Å². The highest BCUT2D eigenvalue weighted by atomic mass is 32.2. The molecule has 2 aromatic rings. The Morgan fingerprint density at radius 1 is 1.15 bits per heavy atom. The fourth-order valence-corrected chi connectivity index (χ4v) is 4.81. The van der Waals surface area contributed by atoms with Gasteiger partial charge in [0.25, 0.3) is 0 Å². The van der Waals surface area contributed by atoms with Gasteiger partial charge in [-0.15, -0.1) is 0 Å². The molecular weight excluding hydrogens is 370 g/mol. The number of ether oxygens (including phenoxy) is 2. The van der Waals surface area contributed by atoms with Crippen LogP contribution in [-0.4, -0.2) is 50.1 Å². The van der Waals surface area contributed by atoms with Crippen molar-refractivity contribution in [3.05, 3.63) is 36.0 Å². The monoisotopic (exact) mass is 391 g/mol. The lowest BCUT2D eigenvalue weighted by Crippen LogP contribution is -2.59. The zero-order valence-electron chi connectivity index (χ0n) is 14.8. The maximum Gasteiger partial charge on any atom is 0.243 e. The standard InChI is InChI=1S/C18H21N3O5S/c22-27(23,15-3-4-16-17(7-15)25-6-5-24-16)21-10-13(11-21)19-8-14-9-20-18(26-14)12-1-2-12/h3-4,7,9,12-13,19H,1-2,5-6,8,10-11H2. The van der Waals surface area contributed by atoms with Gasteiger partial charge in [-0.2, -0.15) is 4.31 Å². The van der Waals surface area contributed by atoms with Crippen LogP contribution in [0.25, 0.3) is 0 Å². The molecule has 3 heterocycles. The summed E-state index contributed by atoms with van der Waals surface area (Å²) in [6.45, 7) is 2.32. The third-order valence-electron chi connectivity index (χ3n) is 5.06. The number of fused-ring (bicyclic) bond motifs is 1. The first-order valence-electron chi connectivity index (χ1n) is 9.17. The molecule has 0 bridgehead atoms. The number of nitrogens with one attached hydrogen (secondary N) is 1. The van der Waals surface area contributed by atoms with Gasteiger partial charge < -0.3 is 19.2 Å². The first-order valence-corrected chi connectivity index (χ1v) is 10.6. The maximum absolute atomic E-state index is 12.8. The molecule has 3 aliphatic rings. The molecule has 27 heavy (non-hydrogen) atoms. The van der Waals surface area contributed by atoms with Gasteiger partial charge in [-0.3, -0.25) is 0 Å². The lowest BCUT2D eigenvalue weighted by atomic mass is 10.2. The quantitative estimate of drug-likeness (QED) is 0.797. The minimum absolute atomic E-state index is 0.103. The molecule has 5 rings (SSSR count). The highest BCUT2D eigenvalue weighted by Gasteiger charge is 2.37. The van der Waals surface area contributed by atoms with Crippen molar-refractivity contribution in [2.45, 2.75) is 36.2 Å². The molecule has 0 atom stereocenters. The summed E-state index contributed by atoms with van der Waals surface area (Å²) in [4.78, 5) is 4.53. The van der Waals surface area contributed by atoms with Gasteiger partial charge >= 0.3 is 0 Å². The second-order valence-corrected chi connectivity index (χ2v) is 9.08. The largest absolute Gasteiger partial charge is 0.486 e. The predicted octanol–water partition coefficient (Wildman–Crippen LogP) is 1.49. The average Bonchev–Trinajstić information content (AvgIpc) is 3.38. The molecule has 1 aromatic heterocycles. The molecule has 1 saturated heterocycles. The lowest BCUT2D eigenvalue weighted by molar-refractivity contribution is 0.171. The smallest absolute Gasteiger partial charge is 0.243 e. The molecule has 0 amide bonds. The van der Waals surface area contributed by atoms with Gasteiger partial charge in [0.1, 0.15) is 19.0 Å². The molecule has 1 aliphatic carbocycles. The molecule has 9 heteroatoms. The van der Waals surface area contributed by atoms with Gasteiger partial charge in [0.05, 0.1) is 17.6 Å². The second-order valence-electron chi connectivity index (χ2n) is 7.14. The van der Waals surface area contributed by atoms with Crippen LogP contribution in [0.5, 0.6) is 11.5 Å². The van der Waals surface area contributed by atoms with Crippen molar-refractivity contribution in [3.63, 3.8) is 0 Å². The van der Waals surface area contributed by atoms with Crippen molar-refractivity contribution in [1.82, 2.24) is 14.6 Å². The Morgan fingerprint density at radius 2 is 1.93 bits per heavy atom. The number of sulfonamides is 1. The highest BCUT2D eigenvalue weighted by molar-refractivity contribution is 7.89. The van der Waals surface area contributed by atoms with E-state index < -0.39 is 10.0 Å². The van der Waals surface area contributed by atoms with Gasteiger partial charge in [-0.25, -0.2) is 13.4 Å². The van der Waals surface area contributed by atoms with Crippen molar-refractivity contribution < 1.29 is 22.3 Å². The molecule has 1 N–H and O–H groups in total. The third-order valence-corrected chi connectivity index (χ3v) is 6.89. The van der Waals surface area contributed by atoms with Gasteiger partial charge in [0.15, 0.2) is 17.4 Å². The van der Waals surface area contributed by atoms with E-state index in [2.05, 4.69) is 10.3 Å². The first kappa shape index (κ1) is 17.0. The van der Waals surface area contributed by atoms with E-state index in [0.29, 0.717) is 50.3 Å². The zero-order chi connectivity index (χ0) is 18.4. The van der Waals surface area contributed by atoms with Gasteiger partial charge in [-0.05, 0) is 25.0 Å². The Balaban J connectivity index is 1.18. The fourth-order valence-electron chi connectivity index (χ4n) is 3.27. The number of hydrogen-bond acceptors (Lipinski definition) is 7. The van der Waals surface area contributed by atoms with Crippen LogP contribution in [0.3, 0.4) is 0 Å². The summed E-state index contributed by atoms with van der Waals surface area (Å²) < 4.78 is 43.7. The molecular formula is C18H21N3O5S. The van der Waals surface area contributed by atoms with Crippen LogP contribution in [0.1, 0.15) is 30.4 Å². The number of rotatable bonds is 6. The first-order chi connectivity index (χ1) is 13.1. The molecule has 2 fully saturated rings. The fraction of sp³-hybridized carbons (Fsp3) is 0.500. The van der Waals surface area contributed by atoms with Gasteiger partial charge in [0, 0.05) is 31.1 Å². The summed E-state index contributed by atoms with van der Waals surface area (Å²) in [5, 5.41) is 3.33. The summed E-state index contributed by atoms with van der Waals surface area (Å²) in [6, 6.07) is 4.86. The molecule has 1 saturated carbocycles. The van der Waals surface area contributed by atoms with Crippen LogP contribution in [0.2, 0.25) is 0 Å². The van der Waals surface area contributed by atoms with Crippen molar-refractivity contribution in [2.75, 3.05) is 26.3 Å². The number of benzene rings is 1. The number of hydrogen-bond donors (Lipinski definition) is 1. The van der Waals surface area contributed by atoms with E-state index in [9.17, 15) is 8.42 Å². The lowest BCUT2D eigenvalue weighted by Gasteiger charge is -2.38. The number of nitrogens with zero attached hydrogens (tertiary/aromatic N) is 2. The Kier molecular flexibility index (Phi) is 4.10. The summed E-state index contributed by atoms with van der Waals surface area (Å²) in [5.41, 5.74) is 0. The van der Waals surface area contributed by atoms with E-state index in [4.69, 9.17) is 13.9 Å². The molecule has 8 nitrogen and oxygen atoms in total. The van der Waals surface area contributed by atoms with Crippen molar-refractivity contribution >= 4 is 10.0 Å². The maximum atomic E-state index is 12.8. The van der Waals surface area contributed by atoms with Crippen LogP contribution >= 0.6 is 0 Å². The van der Waals surface area contributed by atoms with Gasteiger partial charge in [0.2, 0.25) is 10.0 Å². The van der Waals surface area contributed by atoms with E-state index in [1.54, 1.807) is 24.4 Å². The summed E-state index contributed by atoms with van der Waals surface area (Å²) in [5.74, 6) is 3.18. The van der Waals surface area contributed by atoms with E-state index in [1.165, 1.54) is 4.31 Å². The van der Waals surface area contributed by atoms with Crippen LogP contribution in [-0.2, 0) is 16.6 Å². The molecule has 0 spiro atoms.